The fourth-order valence-corrected chi connectivity index (χ4v) is 2.20. The second kappa shape index (κ2) is 5.00. The third kappa shape index (κ3) is 2.83. The van der Waals surface area contributed by atoms with Crippen molar-refractivity contribution in [3.63, 3.8) is 0 Å². The first-order valence-electron chi connectivity index (χ1n) is 6.67. The van der Waals surface area contributed by atoms with Gasteiger partial charge in [0.1, 0.15) is 12.1 Å². The second-order valence-electron chi connectivity index (χ2n) is 5.87. The topological polar surface area (TPSA) is 55.6 Å². The van der Waals surface area contributed by atoms with E-state index in [1.807, 2.05) is 24.3 Å². The molecule has 0 spiro atoms. The van der Waals surface area contributed by atoms with Gasteiger partial charge in [-0.05, 0) is 45.0 Å². The first kappa shape index (κ1) is 13.8. The predicted octanol–water partition coefficient (Wildman–Crippen LogP) is 3.68. The van der Waals surface area contributed by atoms with Crippen LogP contribution in [0.2, 0.25) is 5.02 Å². The van der Waals surface area contributed by atoms with E-state index in [2.05, 4.69) is 41.2 Å². The Morgan fingerprint density at radius 2 is 1.81 bits per heavy atom. The molecule has 0 fully saturated rings. The normalized spacial score (nSPS) is 11.8. The molecular weight excluding hydrogens is 286 g/mol. The van der Waals surface area contributed by atoms with Gasteiger partial charge in [0.2, 0.25) is 0 Å². The van der Waals surface area contributed by atoms with Gasteiger partial charge in [0.05, 0.1) is 17.3 Å². The molecule has 0 amide bonds. The summed E-state index contributed by atoms with van der Waals surface area (Å²) < 4.78 is 1.78. The van der Waals surface area contributed by atoms with Crippen molar-refractivity contribution in [3.05, 3.63) is 41.8 Å². The van der Waals surface area contributed by atoms with Crippen molar-refractivity contribution >= 4 is 28.5 Å². The molecule has 0 bridgehead atoms. The SMILES string of the molecule is CC(C)(C)Nc1ncnc2c1cnn2-c1ccc(Cl)cc1. The van der Waals surface area contributed by atoms with Gasteiger partial charge in [0.25, 0.3) is 0 Å². The van der Waals surface area contributed by atoms with Crippen molar-refractivity contribution in [2.75, 3.05) is 5.32 Å². The Morgan fingerprint density at radius 1 is 1.10 bits per heavy atom. The Morgan fingerprint density at radius 3 is 2.48 bits per heavy atom. The summed E-state index contributed by atoms with van der Waals surface area (Å²) in [7, 11) is 0. The third-order valence-electron chi connectivity index (χ3n) is 2.93. The van der Waals surface area contributed by atoms with Gasteiger partial charge in [-0.2, -0.15) is 5.10 Å². The van der Waals surface area contributed by atoms with Gasteiger partial charge in [0, 0.05) is 10.6 Å². The molecule has 0 radical (unpaired) electrons. The molecule has 2 aromatic heterocycles. The van der Waals surface area contributed by atoms with Gasteiger partial charge < -0.3 is 5.32 Å². The minimum atomic E-state index is -0.0797. The number of nitrogens with zero attached hydrogens (tertiary/aromatic N) is 4. The highest BCUT2D eigenvalue weighted by Crippen LogP contribution is 2.24. The molecule has 108 valence electrons. The highest BCUT2D eigenvalue weighted by molar-refractivity contribution is 6.30. The molecule has 3 aromatic rings. The standard InChI is InChI=1S/C15H16ClN5/c1-15(2,3)20-13-12-8-19-21(14(12)18-9-17-13)11-6-4-10(16)5-7-11/h4-9H,1-3H3,(H,17,18,20). The monoisotopic (exact) mass is 301 g/mol. The van der Waals surface area contributed by atoms with Crippen LogP contribution in [-0.2, 0) is 0 Å². The van der Waals surface area contributed by atoms with Gasteiger partial charge >= 0.3 is 0 Å². The molecule has 5 nitrogen and oxygen atoms in total. The van der Waals surface area contributed by atoms with Gasteiger partial charge in [-0.25, -0.2) is 14.6 Å². The van der Waals surface area contributed by atoms with E-state index in [1.54, 1.807) is 17.2 Å². The molecule has 0 atom stereocenters. The largest absolute Gasteiger partial charge is 0.365 e. The smallest absolute Gasteiger partial charge is 0.168 e. The molecule has 1 N–H and O–H groups in total. The molecule has 2 heterocycles. The average Bonchev–Trinajstić information content (AvgIpc) is 2.83. The summed E-state index contributed by atoms with van der Waals surface area (Å²) in [5.41, 5.74) is 1.60. The Bertz CT molecular complexity index is 771. The van der Waals surface area contributed by atoms with E-state index in [0.29, 0.717) is 5.02 Å². The zero-order valence-electron chi connectivity index (χ0n) is 12.1. The second-order valence-corrected chi connectivity index (χ2v) is 6.30. The number of benzene rings is 1. The number of hydrogen-bond acceptors (Lipinski definition) is 4. The van der Waals surface area contributed by atoms with Gasteiger partial charge in [-0.3, -0.25) is 0 Å². The molecule has 0 saturated heterocycles. The fraction of sp³-hybridized carbons (Fsp3) is 0.267. The lowest BCUT2D eigenvalue weighted by molar-refractivity contribution is 0.631. The Labute approximate surface area is 128 Å². The van der Waals surface area contributed by atoms with Crippen molar-refractivity contribution < 1.29 is 0 Å². The molecule has 3 rings (SSSR count). The quantitative estimate of drug-likeness (QED) is 0.784. The van der Waals surface area contributed by atoms with Crippen molar-refractivity contribution in [1.82, 2.24) is 19.7 Å². The first-order chi connectivity index (χ1) is 9.94. The summed E-state index contributed by atoms with van der Waals surface area (Å²) in [4.78, 5) is 8.66. The molecule has 0 aliphatic heterocycles. The zero-order chi connectivity index (χ0) is 15.0. The van der Waals surface area contributed by atoms with Crippen molar-refractivity contribution in [2.24, 2.45) is 0 Å². The maximum Gasteiger partial charge on any atom is 0.168 e. The lowest BCUT2D eigenvalue weighted by Crippen LogP contribution is -2.26. The average molecular weight is 302 g/mol. The van der Waals surface area contributed by atoms with Crippen LogP contribution < -0.4 is 5.32 Å². The third-order valence-corrected chi connectivity index (χ3v) is 3.18. The van der Waals surface area contributed by atoms with Crippen LogP contribution >= 0.6 is 11.6 Å². The molecule has 21 heavy (non-hydrogen) atoms. The van der Waals surface area contributed by atoms with Crippen LogP contribution in [0.15, 0.2) is 36.8 Å². The van der Waals surface area contributed by atoms with Crippen LogP contribution in [0, 0.1) is 0 Å². The fourth-order valence-electron chi connectivity index (χ4n) is 2.07. The summed E-state index contributed by atoms with van der Waals surface area (Å²) in [6.07, 6.45) is 3.32. The van der Waals surface area contributed by atoms with E-state index < -0.39 is 0 Å². The van der Waals surface area contributed by atoms with E-state index >= 15 is 0 Å². The van der Waals surface area contributed by atoms with Crippen molar-refractivity contribution in [2.45, 2.75) is 26.3 Å². The van der Waals surface area contributed by atoms with Crippen LogP contribution in [0.1, 0.15) is 20.8 Å². The number of anilines is 1. The van der Waals surface area contributed by atoms with E-state index in [0.717, 1.165) is 22.5 Å². The minimum Gasteiger partial charge on any atom is -0.365 e. The molecule has 0 unspecified atom stereocenters. The maximum absolute atomic E-state index is 5.92. The number of halogens is 1. The van der Waals surface area contributed by atoms with Gasteiger partial charge in [-0.1, -0.05) is 11.6 Å². The van der Waals surface area contributed by atoms with E-state index in [4.69, 9.17) is 11.6 Å². The molecule has 0 aliphatic carbocycles. The summed E-state index contributed by atoms with van der Waals surface area (Å²) in [5.74, 6) is 0.785. The molecule has 0 saturated carbocycles. The van der Waals surface area contributed by atoms with Crippen LogP contribution in [-0.4, -0.2) is 25.3 Å². The van der Waals surface area contributed by atoms with Crippen molar-refractivity contribution in [3.8, 4) is 5.69 Å². The summed E-state index contributed by atoms with van der Waals surface area (Å²) >= 11 is 5.92. The summed E-state index contributed by atoms with van der Waals surface area (Å²) in [6, 6.07) is 7.49. The highest BCUT2D eigenvalue weighted by atomic mass is 35.5. The Kier molecular flexibility index (Phi) is 3.29. The van der Waals surface area contributed by atoms with Gasteiger partial charge in [0.15, 0.2) is 5.65 Å². The lowest BCUT2D eigenvalue weighted by Gasteiger charge is -2.21. The predicted molar refractivity (Wildman–Crippen MR) is 85.0 cm³/mol. The van der Waals surface area contributed by atoms with E-state index in [1.165, 1.54) is 0 Å². The van der Waals surface area contributed by atoms with Crippen LogP contribution in [0.4, 0.5) is 5.82 Å². The van der Waals surface area contributed by atoms with Crippen LogP contribution in [0.3, 0.4) is 0 Å². The number of hydrogen-bond donors (Lipinski definition) is 1. The Balaban J connectivity index is 2.11. The van der Waals surface area contributed by atoms with Gasteiger partial charge in [-0.15, -0.1) is 0 Å². The van der Waals surface area contributed by atoms with Crippen LogP contribution in [0.5, 0.6) is 0 Å². The molecular formula is C15H16ClN5. The summed E-state index contributed by atoms with van der Waals surface area (Å²) in [5, 5.41) is 9.37. The van der Waals surface area contributed by atoms with E-state index in [-0.39, 0.29) is 5.54 Å². The zero-order valence-corrected chi connectivity index (χ0v) is 12.9. The molecule has 1 aromatic carbocycles. The summed E-state index contributed by atoms with van der Waals surface area (Å²) in [6.45, 7) is 6.26. The maximum atomic E-state index is 5.92. The molecule has 0 aliphatic rings. The number of rotatable bonds is 2. The number of aromatic nitrogens is 4. The minimum absolute atomic E-state index is 0.0797. The first-order valence-corrected chi connectivity index (χ1v) is 7.05. The highest BCUT2D eigenvalue weighted by Gasteiger charge is 2.15. The van der Waals surface area contributed by atoms with Crippen molar-refractivity contribution in [1.29, 1.82) is 0 Å². The number of fused-ring (bicyclic) bond motifs is 1. The lowest BCUT2D eigenvalue weighted by atomic mass is 10.1. The molecule has 6 heteroatoms. The Hall–Kier alpha value is -2.14. The van der Waals surface area contributed by atoms with E-state index in [9.17, 15) is 0 Å². The van der Waals surface area contributed by atoms with Crippen LogP contribution in [0.25, 0.3) is 16.7 Å². The number of nitrogens with one attached hydrogen (secondary N) is 1.